The number of hydrogen-bond acceptors (Lipinski definition) is 0. The van der Waals surface area contributed by atoms with Gasteiger partial charge in [-0.25, -0.2) is 0 Å². The highest BCUT2D eigenvalue weighted by Crippen LogP contribution is 2.19. The normalized spacial score (nSPS) is 16.2. The molecule has 1 rings (SSSR count). The molecule has 0 bridgehead atoms. The Morgan fingerprint density at radius 3 is 3.09 bits per heavy atom. The van der Waals surface area contributed by atoms with Crippen molar-refractivity contribution >= 4 is 38.5 Å². The summed E-state index contributed by atoms with van der Waals surface area (Å²) in [6.45, 7) is 0. The van der Waals surface area contributed by atoms with Gasteiger partial charge in [0.05, 0.1) is 11.6 Å². The van der Waals surface area contributed by atoms with Crippen LogP contribution in [0.5, 0.6) is 0 Å². The van der Waals surface area contributed by atoms with Gasteiger partial charge in [0.1, 0.15) is 15.7 Å². The average Bonchev–Trinajstić information content (AvgIpc) is 2.03. The van der Waals surface area contributed by atoms with Crippen LogP contribution in [0.25, 0.3) is 0 Å². The fourth-order valence-electron chi connectivity index (χ4n) is 0.724. The second-order valence-electron chi connectivity index (χ2n) is 2.00. The molecule has 0 saturated carbocycles. The lowest BCUT2D eigenvalue weighted by Gasteiger charge is -1.89. The van der Waals surface area contributed by atoms with Crippen molar-refractivity contribution in [3.05, 3.63) is 45.6 Å². The summed E-state index contributed by atoms with van der Waals surface area (Å²) >= 11 is 5.65. The van der Waals surface area contributed by atoms with Gasteiger partial charge < -0.3 is 0 Å². The van der Waals surface area contributed by atoms with Gasteiger partial charge in [0, 0.05) is 17.5 Å². The second kappa shape index (κ2) is 4.86. The molecule has 11 heavy (non-hydrogen) atoms. The summed E-state index contributed by atoms with van der Waals surface area (Å²) < 4.78 is 1.26. The van der Waals surface area contributed by atoms with Gasteiger partial charge in [0.25, 0.3) is 0 Å². The van der Waals surface area contributed by atoms with E-state index in [1.54, 1.807) is 0 Å². The van der Waals surface area contributed by atoms with Crippen molar-refractivity contribution in [1.82, 2.24) is 0 Å². The molecule has 0 nitrogen and oxygen atoms in total. The zero-order valence-corrected chi connectivity index (χ0v) is 9.59. The maximum atomic E-state index is 3.33. The molecule has 56 valence electrons. The zero-order valence-electron chi connectivity index (χ0n) is 5.85. The predicted molar refractivity (Wildman–Crippen MR) is 60.9 cm³/mol. The molecule has 0 aromatic heterocycles. The molecule has 0 fully saturated rings. The third kappa shape index (κ3) is 2.89. The Morgan fingerprint density at radius 2 is 2.45 bits per heavy atom. The van der Waals surface area contributed by atoms with Crippen molar-refractivity contribution in [1.29, 1.82) is 0 Å². The summed E-state index contributed by atoms with van der Waals surface area (Å²) in [5.74, 6) is 0. The Bertz CT molecular complexity index is 246. The SMILES string of the molecule is BrC/C=C/C1=C(I)C=C[C+]=C1. The molecular formula is C9H7BrI+. The van der Waals surface area contributed by atoms with Gasteiger partial charge in [-0.1, -0.05) is 22.0 Å². The molecule has 0 aliphatic heterocycles. The minimum Gasteiger partial charge on any atom is -0.0882 e. The van der Waals surface area contributed by atoms with Crippen LogP contribution < -0.4 is 0 Å². The Balaban J connectivity index is 2.78. The van der Waals surface area contributed by atoms with Crippen LogP contribution in [0.4, 0.5) is 0 Å². The monoisotopic (exact) mass is 321 g/mol. The molecule has 0 atom stereocenters. The quantitative estimate of drug-likeness (QED) is 0.414. The van der Waals surface area contributed by atoms with Crippen LogP contribution in [-0.2, 0) is 0 Å². The van der Waals surface area contributed by atoms with Gasteiger partial charge >= 0.3 is 0 Å². The van der Waals surface area contributed by atoms with Crippen molar-refractivity contribution in [3.63, 3.8) is 0 Å². The third-order valence-electron chi connectivity index (χ3n) is 1.23. The van der Waals surface area contributed by atoms with Gasteiger partial charge in [-0.2, -0.15) is 0 Å². The van der Waals surface area contributed by atoms with Crippen LogP contribution in [0.15, 0.2) is 39.5 Å². The number of halogens is 2. The van der Waals surface area contributed by atoms with E-state index in [2.05, 4.69) is 62.8 Å². The van der Waals surface area contributed by atoms with E-state index in [9.17, 15) is 0 Å². The predicted octanol–water partition coefficient (Wildman–Crippen LogP) is 3.56. The van der Waals surface area contributed by atoms with E-state index in [0.717, 1.165) is 5.33 Å². The lowest BCUT2D eigenvalue weighted by molar-refractivity contribution is 1.58. The molecule has 0 saturated heterocycles. The fourth-order valence-corrected chi connectivity index (χ4v) is 1.43. The number of hydrogen-bond donors (Lipinski definition) is 0. The fraction of sp³-hybridized carbons (Fsp3) is 0.111. The summed E-state index contributed by atoms with van der Waals surface area (Å²) in [6.07, 6.45) is 13.2. The maximum Gasteiger partial charge on any atom is 0.130 e. The molecule has 1 aliphatic carbocycles. The molecule has 0 spiro atoms. The summed E-state index contributed by atoms with van der Waals surface area (Å²) in [4.78, 5) is 0. The van der Waals surface area contributed by atoms with Crippen LogP contribution in [0, 0.1) is 6.08 Å². The van der Waals surface area contributed by atoms with Gasteiger partial charge in [-0.3, -0.25) is 0 Å². The van der Waals surface area contributed by atoms with Crippen molar-refractivity contribution in [2.24, 2.45) is 0 Å². The minimum atomic E-state index is 0.901. The lowest BCUT2D eigenvalue weighted by atomic mass is 10.1. The van der Waals surface area contributed by atoms with Crippen molar-refractivity contribution < 1.29 is 0 Å². The standard InChI is InChI=1S/C9H7BrI/c10-7-3-5-8-4-1-2-6-9(8)11/h2-6H,7H2/q+1/b5-3+. The summed E-state index contributed by atoms with van der Waals surface area (Å²) in [5.41, 5.74) is 1.23. The molecule has 0 amide bonds. The molecule has 0 aromatic rings. The zero-order chi connectivity index (χ0) is 8.10. The van der Waals surface area contributed by atoms with E-state index in [-0.39, 0.29) is 0 Å². The van der Waals surface area contributed by atoms with Crippen molar-refractivity contribution in [2.75, 3.05) is 5.33 Å². The molecule has 0 unspecified atom stereocenters. The van der Waals surface area contributed by atoms with Crippen molar-refractivity contribution in [3.8, 4) is 0 Å². The molecule has 2 heteroatoms. The smallest absolute Gasteiger partial charge is 0.0882 e. The third-order valence-corrected chi connectivity index (χ3v) is 2.58. The molecule has 0 radical (unpaired) electrons. The summed E-state index contributed by atoms with van der Waals surface area (Å²) in [6, 6.07) is 0. The first-order valence-electron chi connectivity index (χ1n) is 3.22. The van der Waals surface area contributed by atoms with Gasteiger partial charge in [0.15, 0.2) is 0 Å². The Kier molecular flexibility index (Phi) is 4.05. The first-order chi connectivity index (χ1) is 5.34. The van der Waals surface area contributed by atoms with Gasteiger partial charge in [0.2, 0.25) is 0 Å². The van der Waals surface area contributed by atoms with Crippen LogP contribution in [0.1, 0.15) is 0 Å². The Morgan fingerprint density at radius 1 is 1.64 bits per heavy atom. The molecule has 1 aliphatic rings. The highest BCUT2D eigenvalue weighted by atomic mass is 127. The van der Waals surface area contributed by atoms with Crippen LogP contribution in [0.2, 0.25) is 0 Å². The molecule has 0 aromatic carbocycles. The number of alkyl halides is 1. The highest BCUT2D eigenvalue weighted by molar-refractivity contribution is 14.1. The number of allylic oxidation sites excluding steroid dienone is 8. The second-order valence-corrected chi connectivity index (χ2v) is 3.81. The molecule has 0 heterocycles. The average molecular weight is 322 g/mol. The van der Waals surface area contributed by atoms with Crippen LogP contribution >= 0.6 is 38.5 Å². The number of rotatable bonds is 2. The van der Waals surface area contributed by atoms with Crippen LogP contribution in [0.3, 0.4) is 0 Å². The van der Waals surface area contributed by atoms with E-state index < -0.39 is 0 Å². The first-order valence-corrected chi connectivity index (χ1v) is 5.42. The summed E-state index contributed by atoms with van der Waals surface area (Å²) in [7, 11) is 0. The minimum absolute atomic E-state index is 0.901. The van der Waals surface area contributed by atoms with Crippen LogP contribution in [-0.4, -0.2) is 5.33 Å². The summed E-state index contributed by atoms with van der Waals surface area (Å²) in [5, 5.41) is 0.901. The Labute approximate surface area is 89.0 Å². The maximum absolute atomic E-state index is 3.33. The van der Waals surface area contributed by atoms with E-state index in [1.165, 1.54) is 9.15 Å². The topological polar surface area (TPSA) is 0 Å². The van der Waals surface area contributed by atoms with Gasteiger partial charge in [-0.05, 0) is 22.6 Å². The highest BCUT2D eigenvalue weighted by Gasteiger charge is 2.05. The van der Waals surface area contributed by atoms with E-state index in [1.807, 2.05) is 12.2 Å². The Hall–Kier alpha value is 0.0800. The largest absolute Gasteiger partial charge is 0.130 e. The van der Waals surface area contributed by atoms with E-state index >= 15 is 0 Å². The lowest BCUT2D eigenvalue weighted by Crippen LogP contribution is -1.79. The van der Waals surface area contributed by atoms with E-state index in [0.29, 0.717) is 0 Å². The van der Waals surface area contributed by atoms with Gasteiger partial charge in [-0.15, -0.1) is 0 Å². The molecular weight excluding hydrogens is 315 g/mol. The molecule has 0 N–H and O–H groups in total. The van der Waals surface area contributed by atoms with E-state index in [4.69, 9.17) is 0 Å². The van der Waals surface area contributed by atoms with Crippen molar-refractivity contribution in [2.45, 2.75) is 0 Å². The first kappa shape index (κ1) is 9.17.